The van der Waals surface area contributed by atoms with Gasteiger partial charge in [0.1, 0.15) is 0 Å². The van der Waals surface area contributed by atoms with Crippen molar-refractivity contribution in [3.8, 4) is 0 Å². The molecule has 1 atom stereocenters. The molecule has 1 rings (SSSR count). The first-order chi connectivity index (χ1) is 6.05. The summed E-state index contributed by atoms with van der Waals surface area (Å²) in [5.41, 5.74) is 0. The van der Waals surface area contributed by atoms with Crippen LogP contribution in [0.2, 0.25) is 0 Å². The molecule has 1 aromatic heterocycles. The normalized spacial score (nSPS) is 14.5. The molecule has 74 valence electrons. The van der Waals surface area contributed by atoms with Crippen molar-refractivity contribution in [2.45, 2.75) is 18.6 Å². The Morgan fingerprint density at radius 3 is 2.54 bits per heavy atom. The third-order valence-electron chi connectivity index (χ3n) is 1.54. The topological polar surface area (TPSA) is 50.9 Å². The standard InChI is InChI=1S/C6H8F3N3O/c7-6(8,9)5(1-4-13)12-3-2-10-11-12/h2-3,5,13H,1,4H2/t5-/m0/s1. The maximum Gasteiger partial charge on any atom is 0.410 e. The fourth-order valence-electron chi connectivity index (χ4n) is 0.952. The van der Waals surface area contributed by atoms with Crippen molar-refractivity contribution >= 4 is 0 Å². The summed E-state index contributed by atoms with van der Waals surface area (Å²) >= 11 is 0. The average molecular weight is 195 g/mol. The second-order valence-corrected chi connectivity index (χ2v) is 2.45. The van der Waals surface area contributed by atoms with Crippen LogP contribution < -0.4 is 0 Å². The van der Waals surface area contributed by atoms with Gasteiger partial charge in [-0.05, 0) is 0 Å². The SMILES string of the molecule is OCC[C@H](n1ccnn1)C(F)(F)F. The van der Waals surface area contributed by atoms with Crippen molar-refractivity contribution < 1.29 is 18.3 Å². The zero-order valence-electron chi connectivity index (χ0n) is 6.57. The third kappa shape index (κ3) is 2.41. The van der Waals surface area contributed by atoms with Crippen LogP contribution in [0.5, 0.6) is 0 Å². The highest BCUT2D eigenvalue weighted by Gasteiger charge is 2.41. The number of aliphatic hydroxyl groups is 1. The Kier molecular flexibility index (Phi) is 2.86. The number of alkyl halides is 3. The highest BCUT2D eigenvalue weighted by Crippen LogP contribution is 2.31. The lowest BCUT2D eigenvalue weighted by molar-refractivity contribution is -0.174. The minimum Gasteiger partial charge on any atom is -0.396 e. The van der Waals surface area contributed by atoms with Crippen molar-refractivity contribution in [3.63, 3.8) is 0 Å². The Hall–Kier alpha value is -1.11. The van der Waals surface area contributed by atoms with E-state index in [4.69, 9.17) is 5.11 Å². The Bertz CT molecular complexity index is 246. The van der Waals surface area contributed by atoms with E-state index in [1.165, 1.54) is 0 Å². The molecule has 0 saturated heterocycles. The number of hydrogen-bond acceptors (Lipinski definition) is 3. The van der Waals surface area contributed by atoms with E-state index in [1.807, 2.05) is 0 Å². The first-order valence-corrected chi connectivity index (χ1v) is 3.59. The van der Waals surface area contributed by atoms with E-state index in [0.717, 1.165) is 12.4 Å². The third-order valence-corrected chi connectivity index (χ3v) is 1.54. The van der Waals surface area contributed by atoms with Crippen molar-refractivity contribution in [1.82, 2.24) is 15.0 Å². The maximum atomic E-state index is 12.3. The molecule has 0 radical (unpaired) electrons. The predicted molar refractivity (Wildman–Crippen MR) is 36.8 cm³/mol. The van der Waals surface area contributed by atoms with E-state index in [0.29, 0.717) is 4.68 Å². The average Bonchev–Trinajstić information content (AvgIpc) is 2.49. The van der Waals surface area contributed by atoms with E-state index >= 15 is 0 Å². The van der Waals surface area contributed by atoms with E-state index in [-0.39, 0.29) is 0 Å². The molecule has 0 saturated carbocycles. The van der Waals surface area contributed by atoms with Gasteiger partial charge < -0.3 is 5.11 Å². The predicted octanol–water partition coefficient (Wildman–Crippen LogP) is 0.764. The summed E-state index contributed by atoms with van der Waals surface area (Å²) in [4.78, 5) is 0. The van der Waals surface area contributed by atoms with Gasteiger partial charge in [0.15, 0.2) is 6.04 Å². The maximum absolute atomic E-state index is 12.3. The molecule has 0 fully saturated rings. The number of aliphatic hydroxyl groups excluding tert-OH is 1. The summed E-state index contributed by atoms with van der Waals surface area (Å²) in [5, 5.41) is 14.9. The van der Waals surface area contributed by atoms with Crippen LogP contribution in [0.25, 0.3) is 0 Å². The Labute approximate surface area is 72.0 Å². The summed E-state index contributed by atoms with van der Waals surface area (Å²) in [6.45, 7) is -0.538. The van der Waals surface area contributed by atoms with Crippen LogP contribution in [0.4, 0.5) is 13.2 Å². The number of hydrogen-bond donors (Lipinski definition) is 1. The van der Waals surface area contributed by atoms with Gasteiger partial charge in [0.05, 0.1) is 6.20 Å². The van der Waals surface area contributed by atoms with Crippen LogP contribution in [0.15, 0.2) is 12.4 Å². The molecule has 0 aliphatic rings. The summed E-state index contributed by atoms with van der Waals surface area (Å²) in [6.07, 6.45) is -2.53. The van der Waals surface area contributed by atoms with Gasteiger partial charge in [-0.1, -0.05) is 5.21 Å². The lowest BCUT2D eigenvalue weighted by atomic mass is 10.2. The van der Waals surface area contributed by atoms with Crippen LogP contribution in [0, 0.1) is 0 Å². The number of halogens is 3. The molecule has 0 aliphatic carbocycles. The zero-order valence-corrected chi connectivity index (χ0v) is 6.57. The minimum atomic E-state index is -4.41. The highest BCUT2D eigenvalue weighted by atomic mass is 19.4. The molecule has 0 spiro atoms. The van der Waals surface area contributed by atoms with Gasteiger partial charge in [-0.15, -0.1) is 5.10 Å². The number of aromatic nitrogens is 3. The summed E-state index contributed by atoms with van der Waals surface area (Å²) < 4.78 is 37.5. The van der Waals surface area contributed by atoms with E-state index in [9.17, 15) is 13.2 Å². The molecular formula is C6H8F3N3O. The fraction of sp³-hybridized carbons (Fsp3) is 0.667. The molecule has 4 nitrogen and oxygen atoms in total. The van der Waals surface area contributed by atoms with Gasteiger partial charge in [0.25, 0.3) is 0 Å². The van der Waals surface area contributed by atoms with Crippen molar-refractivity contribution in [3.05, 3.63) is 12.4 Å². The fourth-order valence-corrected chi connectivity index (χ4v) is 0.952. The Balaban J connectivity index is 2.81. The van der Waals surface area contributed by atoms with Crippen LogP contribution in [-0.4, -0.2) is 32.9 Å². The molecule has 0 amide bonds. The Morgan fingerprint density at radius 2 is 2.15 bits per heavy atom. The van der Waals surface area contributed by atoms with Crippen LogP contribution in [0.1, 0.15) is 12.5 Å². The molecule has 0 unspecified atom stereocenters. The van der Waals surface area contributed by atoms with Gasteiger partial charge in [0, 0.05) is 19.2 Å². The van der Waals surface area contributed by atoms with Gasteiger partial charge in [-0.25, -0.2) is 4.68 Å². The summed E-state index contributed by atoms with van der Waals surface area (Å²) in [7, 11) is 0. The lowest BCUT2D eigenvalue weighted by Crippen LogP contribution is -2.28. The Morgan fingerprint density at radius 1 is 1.46 bits per heavy atom. The van der Waals surface area contributed by atoms with Crippen molar-refractivity contribution in [2.75, 3.05) is 6.61 Å². The molecular weight excluding hydrogens is 187 g/mol. The first-order valence-electron chi connectivity index (χ1n) is 3.59. The summed E-state index contributed by atoms with van der Waals surface area (Å²) in [5.74, 6) is 0. The highest BCUT2D eigenvalue weighted by molar-refractivity contribution is 4.77. The van der Waals surface area contributed by atoms with Gasteiger partial charge in [0.2, 0.25) is 0 Å². The first kappa shape index (κ1) is 9.97. The van der Waals surface area contributed by atoms with Crippen LogP contribution in [-0.2, 0) is 0 Å². The minimum absolute atomic E-state index is 0.410. The van der Waals surface area contributed by atoms with Crippen molar-refractivity contribution in [2.24, 2.45) is 0 Å². The smallest absolute Gasteiger partial charge is 0.396 e. The molecule has 7 heteroatoms. The largest absolute Gasteiger partial charge is 0.410 e. The van der Waals surface area contributed by atoms with E-state index < -0.39 is 25.2 Å². The van der Waals surface area contributed by atoms with Gasteiger partial charge in [-0.2, -0.15) is 13.2 Å². The van der Waals surface area contributed by atoms with Gasteiger partial charge >= 0.3 is 6.18 Å². The summed E-state index contributed by atoms with van der Waals surface area (Å²) in [6, 6.07) is -1.79. The molecule has 13 heavy (non-hydrogen) atoms. The molecule has 1 heterocycles. The second-order valence-electron chi connectivity index (χ2n) is 2.45. The number of nitrogens with zero attached hydrogens (tertiary/aromatic N) is 3. The lowest BCUT2D eigenvalue weighted by Gasteiger charge is -2.18. The molecule has 0 aliphatic heterocycles. The number of rotatable bonds is 3. The quantitative estimate of drug-likeness (QED) is 0.774. The van der Waals surface area contributed by atoms with E-state index in [1.54, 1.807) is 0 Å². The molecule has 1 aromatic rings. The van der Waals surface area contributed by atoms with Crippen molar-refractivity contribution in [1.29, 1.82) is 0 Å². The monoisotopic (exact) mass is 195 g/mol. The van der Waals surface area contributed by atoms with E-state index in [2.05, 4.69) is 10.3 Å². The second kappa shape index (κ2) is 3.73. The molecule has 0 bridgehead atoms. The molecule has 1 N–H and O–H groups in total. The van der Waals surface area contributed by atoms with Gasteiger partial charge in [-0.3, -0.25) is 0 Å². The van der Waals surface area contributed by atoms with Crippen LogP contribution in [0.3, 0.4) is 0 Å². The van der Waals surface area contributed by atoms with Crippen LogP contribution >= 0.6 is 0 Å². The molecule has 0 aromatic carbocycles. The zero-order chi connectivity index (χ0) is 9.90.